The van der Waals surface area contributed by atoms with Gasteiger partial charge in [-0.15, -0.1) is 0 Å². The number of nitrogens with zero attached hydrogens (tertiary/aromatic N) is 4. The van der Waals surface area contributed by atoms with Crippen molar-refractivity contribution >= 4 is 34.7 Å². The molecule has 7 atom stereocenters. The van der Waals surface area contributed by atoms with Crippen molar-refractivity contribution in [3.63, 3.8) is 0 Å². The van der Waals surface area contributed by atoms with Gasteiger partial charge in [0.1, 0.15) is 11.1 Å². The Morgan fingerprint density at radius 3 is 2.81 bits per heavy atom. The van der Waals surface area contributed by atoms with E-state index in [4.69, 9.17) is 9.52 Å². The summed E-state index contributed by atoms with van der Waals surface area (Å²) in [6.07, 6.45) is 9.73. The van der Waals surface area contributed by atoms with Crippen LogP contribution in [-0.4, -0.2) is 53.2 Å². The van der Waals surface area contributed by atoms with Crippen LogP contribution in [0.5, 0.6) is 0 Å². The van der Waals surface area contributed by atoms with Crippen molar-refractivity contribution in [2.45, 2.75) is 69.3 Å². The molecule has 4 aromatic rings. The van der Waals surface area contributed by atoms with E-state index in [0.717, 1.165) is 42.7 Å². The van der Waals surface area contributed by atoms with Gasteiger partial charge in [0.2, 0.25) is 0 Å². The van der Waals surface area contributed by atoms with E-state index in [1.807, 2.05) is 53.3 Å². The summed E-state index contributed by atoms with van der Waals surface area (Å²) in [5.41, 5.74) is 2.68. The van der Waals surface area contributed by atoms with Crippen molar-refractivity contribution in [2.24, 2.45) is 28.6 Å². The average molecular weight is 597 g/mol. The molecule has 3 fully saturated rings. The normalized spacial score (nSPS) is 34.7. The summed E-state index contributed by atoms with van der Waals surface area (Å²) in [6, 6.07) is 13.4. The zero-order valence-electron chi connectivity index (χ0n) is 24.4. The summed E-state index contributed by atoms with van der Waals surface area (Å²) < 4.78 is 7.73. The first kappa shape index (κ1) is 27.3. The minimum Gasteiger partial charge on any atom is -0.431 e. The van der Waals surface area contributed by atoms with Crippen molar-refractivity contribution in [3.8, 4) is 5.82 Å². The molecule has 43 heavy (non-hydrogen) atoms. The third kappa shape index (κ3) is 3.90. The van der Waals surface area contributed by atoms with Crippen molar-refractivity contribution in [2.75, 3.05) is 5.75 Å². The number of oxazole rings is 1. The molecule has 0 bridgehead atoms. The number of hydrogen-bond donors (Lipinski definition) is 2. The number of hydrogen-bond acceptors (Lipinski definition) is 8. The largest absolute Gasteiger partial charge is 0.431 e. The molecule has 8 rings (SSSR count). The van der Waals surface area contributed by atoms with Crippen molar-refractivity contribution in [3.05, 3.63) is 71.7 Å². The second kappa shape index (κ2) is 9.61. The fourth-order valence-corrected chi connectivity index (χ4v) is 10.3. The second-order valence-corrected chi connectivity index (χ2v) is 14.4. The SMILES string of the molecule is CC12Cc3cnn(-c4ccccn4)c3C=C1CCC1C2C(O)CC2(C)C1CC[C@]2(O)C(=O)CSc1nc2ccccc2o1. The average Bonchev–Trinajstić information content (AvgIpc) is 3.68. The van der Waals surface area contributed by atoms with Gasteiger partial charge in [0.25, 0.3) is 5.22 Å². The second-order valence-electron chi connectivity index (χ2n) is 13.5. The summed E-state index contributed by atoms with van der Waals surface area (Å²) in [5.74, 6) is 1.15. The van der Waals surface area contributed by atoms with E-state index in [1.54, 1.807) is 6.20 Å². The van der Waals surface area contributed by atoms with Gasteiger partial charge in [-0.1, -0.05) is 49.4 Å². The van der Waals surface area contributed by atoms with Crippen LogP contribution in [-0.2, 0) is 11.2 Å². The summed E-state index contributed by atoms with van der Waals surface area (Å²) in [4.78, 5) is 22.8. The van der Waals surface area contributed by atoms with Gasteiger partial charge in [-0.25, -0.2) is 14.6 Å². The number of benzene rings is 1. The number of aliphatic hydroxyl groups is 2. The number of rotatable bonds is 5. The molecule has 8 nitrogen and oxygen atoms in total. The van der Waals surface area contributed by atoms with Crippen LogP contribution in [0.3, 0.4) is 0 Å². The van der Waals surface area contributed by atoms with E-state index >= 15 is 0 Å². The molecule has 3 heterocycles. The number of ketones is 1. The van der Waals surface area contributed by atoms with Gasteiger partial charge in [0, 0.05) is 11.6 Å². The molecule has 222 valence electrons. The van der Waals surface area contributed by atoms with E-state index in [2.05, 4.69) is 29.9 Å². The van der Waals surface area contributed by atoms with E-state index in [1.165, 1.54) is 22.9 Å². The first-order valence-corrected chi connectivity index (χ1v) is 16.3. The molecule has 1 aromatic carbocycles. The molecular weight excluding hydrogens is 560 g/mol. The lowest BCUT2D eigenvalue weighted by atomic mass is 9.45. The van der Waals surface area contributed by atoms with Gasteiger partial charge < -0.3 is 14.6 Å². The van der Waals surface area contributed by atoms with Crippen LogP contribution in [0.4, 0.5) is 0 Å². The number of aromatic nitrogens is 4. The molecule has 4 aliphatic rings. The summed E-state index contributed by atoms with van der Waals surface area (Å²) in [7, 11) is 0. The van der Waals surface area contributed by atoms with Gasteiger partial charge in [-0.2, -0.15) is 5.10 Å². The minimum atomic E-state index is -1.48. The highest BCUT2D eigenvalue weighted by molar-refractivity contribution is 7.99. The van der Waals surface area contributed by atoms with Crippen LogP contribution in [0.1, 0.15) is 57.2 Å². The monoisotopic (exact) mass is 596 g/mol. The van der Waals surface area contributed by atoms with E-state index in [9.17, 15) is 15.0 Å². The zero-order valence-corrected chi connectivity index (χ0v) is 25.3. The Hall–Kier alpha value is -3.27. The Morgan fingerprint density at radius 2 is 2.00 bits per heavy atom. The summed E-state index contributed by atoms with van der Waals surface area (Å²) in [6.45, 7) is 4.36. The van der Waals surface area contributed by atoms with Crippen molar-refractivity contribution in [1.29, 1.82) is 0 Å². The zero-order chi connectivity index (χ0) is 29.6. The van der Waals surface area contributed by atoms with Gasteiger partial charge in [-0.05, 0) is 97.6 Å². The third-order valence-corrected chi connectivity index (χ3v) is 12.3. The molecule has 9 heteroatoms. The number of carbonyl (C=O) groups is 1. The number of allylic oxidation sites excluding steroid dienone is 1. The van der Waals surface area contributed by atoms with Crippen LogP contribution >= 0.6 is 11.8 Å². The molecule has 3 aromatic heterocycles. The number of thioether (sulfide) groups is 1. The number of carbonyl (C=O) groups excluding carboxylic acids is 1. The summed E-state index contributed by atoms with van der Waals surface area (Å²) >= 11 is 1.24. The number of pyridine rings is 1. The van der Waals surface area contributed by atoms with E-state index in [0.29, 0.717) is 23.6 Å². The van der Waals surface area contributed by atoms with Crippen LogP contribution < -0.4 is 0 Å². The lowest BCUT2D eigenvalue weighted by molar-refractivity contribution is -0.177. The molecule has 4 aliphatic carbocycles. The van der Waals surface area contributed by atoms with E-state index < -0.39 is 17.1 Å². The standard InChI is InChI=1S/C34H36N4O4S/c1-32-16-20-18-36-38(29-9-5-6-14-35-29)25(20)15-21(32)10-11-22-23-12-13-34(41,33(23,2)17-26(39)30(22)32)28(40)19-43-31-37-24-7-3-4-8-27(24)42-31/h3-9,14-15,18,22-23,26,30,39,41H,10-13,16-17,19H2,1-2H3/t22?,23?,26?,30?,32?,33?,34-/m0/s1. The summed E-state index contributed by atoms with van der Waals surface area (Å²) in [5, 5.41) is 29.2. The van der Waals surface area contributed by atoms with Crippen molar-refractivity contribution < 1.29 is 19.4 Å². The highest BCUT2D eigenvalue weighted by Gasteiger charge is 2.68. The molecule has 0 radical (unpaired) electrons. The number of fused-ring (bicyclic) bond motifs is 7. The fourth-order valence-electron chi connectivity index (χ4n) is 9.47. The van der Waals surface area contributed by atoms with Crippen LogP contribution in [0.25, 0.3) is 23.0 Å². The predicted molar refractivity (Wildman–Crippen MR) is 164 cm³/mol. The minimum absolute atomic E-state index is 0.0588. The van der Waals surface area contributed by atoms with Gasteiger partial charge >= 0.3 is 0 Å². The third-order valence-electron chi connectivity index (χ3n) is 11.5. The molecule has 0 spiro atoms. The maximum absolute atomic E-state index is 13.8. The molecule has 0 saturated heterocycles. The smallest absolute Gasteiger partial charge is 0.257 e. The molecule has 0 aliphatic heterocycles. The lowest BCUT2D eigenvalue weighted by Gasteiger charge is -2.60. The molecule has 0 amide bonds. The Kier molecular flexibility index (Phi) is 6.10. The number of aliphatic hydroxyl groups excluding tert-OH is 1. The Labute approximate surface area is 254 Å². The molecular formula is C34H36N4O4S. The fraction of sp³-hybridized carbons (Fsp3) is 0.471. The Balaban J connectivity index is 1.05. The highest BCUT2D eigenvalue weighted by atomic mass is 32.2. The highest BCUT2D eigenvalue weighted by Crippen LogP contribution is 2.67. The number of para-hydroxylation sites is 2. The Morgan fingerprint density at radius 1 is 1.16 bits per heavy atom. The molecule has 6 unspecified atom stereocenters. The van der Waals surface area contributed by atoms with Crippen LogP contribution in [0.15, 0.2) is 70.1 Å². The topological polar surface area (TPSA) is 114 Å². The van der Waals surface area contributed by atoms with Crippen LogP contribution in [0, 0.1) is 28.6 Å². The Bertz CT molecular complexity index is 1730. The van der Waals surface area contributed by atoms with E-state index in [-0.39, 0.29) is 34.7 Å². The van der Waals surface area contributed by atoms with Crippen molar-refractivity contribution in [1.82, 2.24) is 19.7 Å². The van der Waals surface area contributed by atoms with Gasteiger partial charge in [-0.3, -0.25) is 4.79 Å². The molecule has 3 saturated carbocycles. The van der Waals surface area contributed by atoms with Gasteiger partial charge in [0.05, 0.1) is 23.7 Å². The predicted octanol–water partition coefficient (Wildman–Crippen LogP) is 5.65. The first-order chi connectivity index (χ1) is 20.7. The molecule has 2 N–H and O–H groups in total. The first-order valence-electron chi connectivity index (χ1n) is 15.3. The maximum Gasteiger partial charge on any atom is 0.257 e. The van der Waals surface area contributed by atoms with Gasteiger partial charge in [0.15, 0.2) is 17.2 Å². The lowest BCUT2D eigenvalue weighted by Crippen LogP contribution is -2.62. The quantitative estimate of drug-likeness (QED) is 0.284. The van der Waals surface area contributed by atoms with Crippen LogP contribution in [0.2, 0.25) is 0 Å². The maximum atomic E-state index is 13.8. The number of Topliss-reactive ketones (excluding diaryl/α,β-unsaturated/α-hetero) is 1.